The van der Waals surface area contributed by atoms with Gasteiger partial charge in [-0.05, 0) is 44.9 Å². The number of amidine groups is 1. The first-order valence-electron chi connectivity index (χ1n) is 10.3. The molecule has 0 aliphatic carbocycles. The monoisotopic (exact) mass is 488 g/mol. The summed E-state index contributed by atoms with van der Waals surface area (Å²) < 4.78 is 26.7. The fourth-order valence-electron chi connectivity index (χ4n) is 3.54. The fraction of sp³-hybridized carbons (Fsp3) is 0.318. The van der Waals surface area contributed by atoms with Gasteiger partial charge in [-0.15, -0.1) is 22.7 Å². The van der Waals surface area contributed by atoms with Crippen LogP contribution in [0.5, 0.6) is 0 Å². The zero-order chi connectivity index (χ0) is 22.7. The number of nitrogens with one attached hydrogen (secondary N) is 2. The van der Waals surface area contributed by atoms with Gasteiger partial charge < -0.3 is 5.32 Å². The van der Waals surface area contributed by atoms with Crippen LogP contribution in [0.3, 0.4) is 0 Å². The Hall–Kier alpha value is -2.56. The molecule has 3 aromatic rings. The molecule has 3 heterocycles. The molecule has 2 N–H and O–H groups in total. The van der Waals surface area contributed by atoms with E-state index in [0.29, 0.717) is 29.5 Å². The van der Waals surface area contributed by atoms with Crippen LogP contribution in [0.4, 0.5) is 5.13 Å². The van der Waals surface area contributed by atoms with Crippen LogP contribution in [-0.4, -0.2) is 31.7 Å². The van der Waals surface area contributed by atoms with Gasteiger partial charge in [-0.25, -0.2) is 13.4 Å². The smallest absolute Gasteiger partial charge is 0.263 e. The van der Waals surface area contributed by atoms with E-state index in [1.165, 1.54) is 21.1 Å². The van der Waals surface area contributed by atoms with Crippen LogP contribution in [0.25, 0.3) is 11.3 Å². The van der Waals surface area contributed by atoms with Crippen molar-refractivity contribution in [1.29, 1.82) is 0 Å². The van der Waals surface area contributed by atoms with Crippen LogP contribution in [0, 0.1) is 13.8 Å². The first kappa shape index (κ1) is 22.6. The van der Waals surface area contributed by atoms with Crippen molar-refractivity contribution >= 4 is 49.6 Å². The SMILES string of the molecule is Cc1cc(-c2csc(NC(=O)CCCCCN=C3NS(=O)(=O)c4ccccc43)n2)c(C)s1. The van der Waals surface area contributed by atoms with Gasteiger partial charge in [0.1, 0.15) is 5.84 Å². The highest BCUT2D eigenvalue weighted by molar-refractivity contribution is 7.90. The minimum Gasteiger partial charge on any atom is -0.302 e. The third-order valence-corrected chi connectivity index (χ3v) is 8.18. The third-order valence-electron chi connectivity index (χ3n) is 5.06. The van der Waals surface area contributed by atoms with Crippen LogP contribution >= 0.6 is 22.7 Å². The molecule has 0 bridgehead atoms. The summed E-state index contributed by atoms with van der Waals surface area (Å²) in [6.45, 7) is 4.66. The summed E-state index contributed by atoms with van der Waals surface area (Å²) in [6, 6.07) is 8.94. The Kier molecular flexibility index (Phi) is 6.73. The number of carbonyl (C=O) groups is 1. The van der Waals surface area contributed by atoms with E-state index < -0.39 is 10.0 Å². The van der Waals surface area contributed by atoms with E-state index in [4.69, 9.17) is 0 Å². The highest BCUT2D eigenvalue weighted by Crippen LogP contribution is 2.32. The summed E-state index contributed by atoms with van der Waals surface area (Å²) in [7, 11) is -3.50. The molecule has 0 unspecified atom stereocenters. The van der Waals surface area contributed by atoms with Crippen molar-refractivity contribution in [2.75, 3.05) is 11.9 Å². The molecule has 168 valence electrons. The molecule has 0 saturated heterocycles. The Bertz CT molecular complexity index is 1280. The summed E-state index contributed by atoms with van der Waals surface area (Å²) in [5.41, 5.74) is 2.64. The first-order chi connectivity index (χ1) is 15.3. The van der Waals surface area contributed by atoms with Crippen molar-refractivity contribution < 1.29 is 13.2 Å². The highest BCUT2D eigenvalue weighted by Gasteiger charge is 2.29. The average molecular weight is 489 g/mol. The van der Waals surface area contributed by atoms with Crippen LogP contribution < -0.4 is 10.0 Å². The lowest BCUT2D eigenvalue weighted by molar-refractivity contribution is -0.116. The Morgan fingerprint density at radius 3 is 2.75 bits per heavy atom. The number of thiophene rings is 1. The molecule has 10 heteroatoms. The lowest BCUT2D eigenvalue weighted by Gasteiger charge is -2.02. The second-order valence-corrected chi connectivity index (χ2v) is 11.5. The Labute approximate surface area is 195 Å². The number of thiazole rings is 1. The summed E-state index contributed by atoms with van der Waals surface area (Å²) in [5.74, 6) is 0.349. The number of benzene rings is 1. The number of anilines is 1. The quantitative estimate of drug-likeness (QED) is 0.448. The van der Waals surface area contributed by atoms with Crippen LogP contribution in [-0.2, 0) is 14.8 Å². The number of rotatable bonds is 8. The van der Waals surface area contributed by atoms with E-state index in [0.717, 1.165) is 30.5 Å². The number of nitrogens with zero attached hydrogens (tertiary/aromatic N) is 2. The van der Waals surface area contributed by atoms with Gasteiger partial charge in [-0.3, -0.25) is 14.5 Å². The van der Waals surface area contributed by atoms with Crippen molar-refractivity contribution in [2.45, 2.75) is 44.4 Å². The van der Waals surface area contributed by atoms with E-state index in [2.05, 4.69) is 39.9 Å². The maximum atomic E-state index is 12.2. The van der Waals surface area contributed by atoms with Crippen LogP contribution in [0.15, 0.2) is 45.6 Å². The maximum Gasteiger partial charge on any atom is 0.263 e. The van der Waals surface area contributed by atoms with Gasteiger partial charge in [-0.2, -0.15) is 0 Å². The molecule has 1 amide bonds. The second kappa shape index (κ2) is 9.51. The van der Waals surface area contributed by atoms with Crippen molar-refractivity contribution in [3.05, 3.63) is 51.0 Å². The van der Waals surface area contributed by atoms with Crippen LogP contribution in [0.1, 0.15) is 41.0 Å². The molecule has 0 radical (unpaired) electrons. The van der Waals surface area contributed by atoms with Crippen molar-refractivity contribution in [3.8, 4) is 11.3 Å². The number of fused-ring (bicyclic) bond motifs is 1. The lowest BCUT2D eigenvalue weighted by Crippen LogP contribution is -2.22. The van der Waals surface area contributed by atoms with Crippen molar-refractivity contribution in [2.24, 2.45) is 4.99 Å². The third kappa shape index (κ3) is 5.08. The Morgan fingerprint density at radius 2 is 1.97 bits per heavy atom. The molecular formula is C22H24N4O3S3. The Balaban J connectivity index is 1.20. The molecule has 1 aromatic carbocycles. The predicted molar refractivity (Wildman–Crippen MR) is 130 cm³/mol. The molecule has 4 rings (SSSR count). The molecule has 0 fully saturated rings. The zero-order valence-electron chi connectivity index (χ0n) is 17.8. The predicted octanol–water partition coefficient (Wildman–Crippen LogP) is 4.73. The summed E-state index contributed by atoms with van der Waals surface area (Å²) in [6.07, 6.45) is 2.76. The molecule has 0 saturated carbocycles. The number of aryl methyl sites for hydroxylation is 2. The summed E-state index contributed by atoms with van der Waals surface area (Å²) in [4.78, 5) is 23.9. The molecule has 1 aliphatic rings. The van der Waals surface area contributed by atoms with Gasteiger partial charge in [0.05, 0.1) is 10.6 Å². The molecule has 7 nitrogen and oxygen atoms in total. The maximum absolute atomic E-state index is 12.2. The molecule has 0 atom stereocenters. The number of carbonyl (C=O) groups excluding carboxylic acids is 1. The number of sulfonamides is 1. The van der Waals surface area contributed by atoms with Gasteiger partial charge >= 0.3 is 0 Å². The van der Waals surface area contributed by atoms with Gasteiger partial charge in [0.25, 0.3) is 10.0 Å². The normalized spacial score (nSPS) is 15.5. The lowest BCUT2D eigenvalue weighted by atomic mass is 10.2. The number of hydrogen-bond donors (Lipinski definition) is 2. The van der Waals surface area contributed by atoms with Crippen molar-refractivity contribution in [1.82, 2.24) is 9.71 Å². The standard InChI is InChI=1S/C22H24N4O3S3/c1-14-12-17(15(2)31-14)18-13-30-22(24-18)25-20(27)10-4-3-7-11-23-21-16-8-5-6-9-19(16)32(28,29)26-21/h5-6,8-9,12-13H,3-4,7,10-11H2,1-2H3,(H,23,26)(H,24,25,27). The van der Waals surface area contributed by atoms with E-state index in [-0.39, 0.29) is 10.8 Å². The van der Waals surface area contributed by atoms with E-state index >= 15 is 0 Å². The second-order valence-electron chi connectivity index (χ2n) is 7.56. The summed E-state index contributed by atoms with van der Waals surface area (Å²) in [5, 5.41) is 5.47. The van der Waals surface area contributed by atoms with Gasteiger partial charge in [0, 0.05) is 39.2 Å². The minimum absolute atomic E-state index is 0.0482. The number of aliphatic imine (C=N–C) groups is 1. The van der Waals surface area contributed by atoms with E-state index in [9.17, 15) is 13.2 Å². The number of unbranched alkanes of at least 4 members (excludes halogenated alkanes) is 2. The number of aromatic nitrogens is 1. The molecule has 0 spiro atoms. The fourth-order valence-corrected chi connectivity index (χ4v) is 6.45. The van der Waals surface area contributed by atoms with Gasteiger partial charge in [-0.1, -0.05) is 18.6 Å². The number of amides is 1. The largest absolute Gasteiger partial charge is 0.302 e. The van der Waals surface area contributed by atoms with E-state index in [1.54, 1.807) is 35.6 Å². The zero-order valence-corrected chi connectivity index (χ0v) is 20.3. The molecule has 1 aliphatic heterocycles. The topological polar surface area (TPSA) is 101 Å². The molecule has 2 aromatic heterocycles. The first-order valence-corrected chi connectivity index (χ1v) is 13.5. The average Bonchev–Trinajstić information content (AvgIpc) is 3.41. The minimum atomic E-state index is -3.50. The Morgan fingerprint density at radius 1 is 1.16 bits per heavy atom. The molecular weight excluding hydrogens is 464 g/mol. The van der Waals surface area contributed by atoms with Crippen molar-refractivity contribution in [3.63, 3.8) is 0 Å². The van der Waals surface area contributed by atoms with Gasteiger partial charge in [0.2, 0.25) is 5.91 Å². The van der Waals surface area contributed by atoms with Crippen LogP contribution in [0.2, 0.25) is 0 Å². The summed E-state index contributed by atoms with van der Waals surface area (Å²) >= 11 is 3.18. The van der Waals surface area contributed by atoms with E-state index in [1.807, 2.05) is 5.38 Å². The highest BCUT2D eigenvalue weighted by atomic mass is 32.2. The number of hydrogen-bond acceptors (Lipinski definition) is 7. The molecule has 32 heavy (non-hydrogen) atoms. The van der Waals surface area contributed by atoms with Gasteiger partial charge in [0.15, 0.2) is 5.13 Å².